The van der Waals surface area contributed by atoms with Gasteiger partial charge in [-0.15, -0.1) is 5.10 Å². The smallest absolute Gasteiger partial charge is 0.317 e. The number of likely N-dealkylation sites (tertiary alicyclic amines) is 1. The Morgan fingerprint density at radius 1 is 1.14 bits per heavy atom. The maximum atomic E-state index is 12.6. The minimum absolute atomic E-state index is 0.0525. The number of aromatic nitrogens is 2. The Kier molecular flexibility index (Phi) is 7.23. The molecule has 2 heterocycles. The number of anilines is 1. The fourth-order valence-corrected chi connectivity index (χ4v) is 3.61. The molecule has 1 atom stereocenters. The molecule has 28 heavy (non-hydrogen) atoms. The molecule has 1 saturated heterocycles. The van der Waals surface area contributed by atoms with Gasteiger partial charge in [0.05, 0.1) is 0 Å². The molecule has 6 nitrogen and oxygen atoms in total. The van der Waals surface area contributed by atoms with Crippen molar-refractivity contribution in [3.8, 4) is 0 Å². The van der Waals surface area contributed by atoms with Crippen LogP contribution in [0.3, 0.4) is 0 Å². The van der Waals surface area contributed by atoms with E-state index >= 15 is 0 Å². The lowest BCUT2D eigenvalue weighted by Crippen LogP contribution is -2.48. The summed E-state index contributed by atoms with van der Waals surface area (Å²) in [6, 6.07) is 14.7. The lowest BCUT2D eigenvalue weighted by atomic mass is 9.89. The van der Waals surface area contributed by atoms with E-state index in [0.717, 1.165) is 38.2 Å². The van der Waals surface area contributed by atoms with Crippen molar-refractivity contribution >= 4 is 11.8 Å². The first kappa shape index (κ1) is 20.1. The van der Waals surface area contributed by atoms with Crippen LogP contribution in [-0.4, -0.2) is 46.8 Å². The second-order valence-corrected chi connectivity index (χ2v) is 7.89. The molecule has 1 aliphatic rings. The van der Waals surface area contributed by atoms with Gasteiger partial charge in [0.1, 0.15) is 5.82 Å². The van der Waals surface area contributed by atoms with Gasteiger partial charge in [0.15, 0.2) is 0 Å². The summed E-state index contributed by atoms with van der Waals surface area (Å²) in [5, 5.41) is 14.5. The highest BCUT2D eigenvalue weighted by Crippen LogP contribution is 2.18. The Morgan fingerprint density at radius 2 is 1.89 bits per heavy atom. The molecule has 0 spiro atoms. The van der Waals surface area contributed by atoms with Gasteiger partial charge in [0.2, 0.25) is 0 Å². The van der Waals surface area contributed by atoms with E-state index in [2.05, 4.69) is 58.9 Å². The van der Waals surface area contributed by atoms with Gasteiger partial charge in [-0.25, -0.2) is 4.79 Å². The van der Waals surface area contributed by atoms with Crippen LogP contribution in [0.25, 0.3) is 0 Å². The topological polar surface area (TPSA) is 70.2 Å². The summed E-state index contributed by atoms with van der Waals surface area (Å²) in [4.78, 5) is 14.5. The molecule has 0 bridgehead atoms. The van der Waals surface area contributed by atoms with Crippen molar-refractivity contribution in [1.29, 1.82) is 0 Å². The summed E-state index contributed by atoms with van der Waals surface area (Å²) in [7, 11) is 0. The zero-order valence-corrected chi connectivity index (χ0v) is 16.8. The van der Waals surface area contributed by atoms with Gasteiger partial charge < -0.3 is 15.5 Å². The standard InChI is InChI=1S/C22H31N5O/c1-17(2)19(15-18-7-4-3-5-8-18)16-23-22(28)27-13-10-20(11-14-27)25-21-9-6-12-24-26-21/h3-9,12,17,19-20H,10-11,13-16H2,1-2H3,(H,23,28)(H,25,26). The predicted molar refractivity (Wildman–Crippen MR) is 112 cm³/mol. The van der Waals surface area contributed by atoms with Gasteiger partial charge in [-0.2, -0.15) is 5.10 Å². The monoisotopic (exact) mass is 381 g/mol. The molecule has 2 aromatic rings. The first-order chi connectivity index (χ1) is 13.6. The fraction of sp³-hybridized carbons (Fsp3) is 0.500. The summed E-state index contributed by atoms with van der Waals surface area (Å²) < 4.78 is 0. The molecule has 1 aromatic heterocycles. The fourth-order valence-electron chi connectivity index (χ4n) is 3.61. The highest BCUT2D eigenvalue weighted by Gasteiger charge is 2.24. The van der Waals surface area contributed by atoms with Crippen molar-refractivity contribution in [3.05, 3.63) is 54.2 Å². The lowest BCUT2D eigenvalue weighted by molar-refractivity contribution is 0.180. The van der Waals surface area contributed by atoms with E-state index in [9.17, 15) is 4.79 Å². The van der Waals surface area contributed by atoms with Crippen molar-refractivity contribution in [2.75, 3.05) is 25.0 Å². The molecule has 2 N–H and O–H groups in total. The predicted octanol–water partition coefficient (Wildman–Crippen LogP) is 3.58. The van der Waals surface area contributed by atoms with Crippen LogP contribution in [0, 0.1) is 11.8 Å². The first-order valence-corrected chi connectivity index (χ1v) is 10.2. The molecule has 1 fully saturated rings. The number of rotatable bonds is 7. The number of hydrogen-bond donors (Lipinski definition) is 2. The minimum Gasteiger partial charge on any atom is -0.366 e. The normalized spacial score (nSPS) is 16.0. The molecular formula is C22H31N5O. The van der Waals surface area contributed by atoms with Crippen LogP contribution in [0.2, 0.25) is 0 Å². The van der Waals surface area contributed by atoms with Gasteiger partial charge in [-0.3, -0.25) is 0 Å². The molecule has 0 saturated carbocycles. The number of nitrogens with one attached hydrogen (secondary N) is 2. The maximum absolute atomic E-state index is 12.6. The van der Waals surface area contributed by atoms with E-state index in [4.69, 9.17) is 0 Å². The molecule has 2 amide bonds. The largest absolute Gasteiger partial charge is 0.366 e. The number of nitrogens with zero attached hydrogens (tertiary/aromatic N) is 3. The molecule has 1 aromatic carbocycles. The van der Waals surface area contributed by atoms with E-state index in [1.54, 1.807) is 6.20 Å². The van der Waals surface area contributed by atoms with Crippen molar-refractivity contribution in [1.82, 2.24) is 20.4 Å². The third-order valence-corrected chi connectivity index (χ3v) is 5.51. The molecule has 0 radical (unpaired) electrons. The number of amides is 2. The van der Waals surface area contributed by atoms with E-state index in [-0.39, 0.29) is 6.03 Å². The van der Waals surface area contributed by atoms with Gasteiger partial charge in [0, 0.05) is 31.9 Å². The highest BCUT2D eigenvalue weighted by atomic mass is 16.2. The van der Waals surface area contributed by atoms with Crippen molar-refractivity contribution < 1.29 is 4.79 Å². The van der Waals surface area contributed by atoms with Gasteiger partial charge in [0.25, 0.3) is 0 Å². The van der Waals surface area contributed by atoms with Crippen LogP contribution in [0.1, 0.15) is 32.3 Å². The number of carbonyl (C=O) groups is 1. The SMILES string of the molecule is CC(C)C(CNC(=O)N1CCC(Nc2cccnn2)CC1)Cc1ccccc1. The summed E-state index contributed by atoms with van der Waals surface area (Å²) in [5.74, 6) is 1.75. The molecule has 1 unspecified atom stereocenters. The first-order valence-electron chi connectivity index (χ1n) is 10.2. The molecular weight excluding hydrogens is 350 g/mol. The van der Waals surface area contributed by atoms with Crippen molar-refractivity contribution in [2.24, 2.45) is 11.8 Å². The lowest BCUT2D eigenvalue weighted by Gasteiger charge is -2.33. The molecule has 1 aliphatic heterocycles. The third kappa shape index (κ3) is 5.94. The summed E-state index contributed by atoms with van der Waals surface area (Å²) in [6.45, 7) is 6.68. The van der Waals surface area contributed by atoms with Crippen molar-refractivity contribution in [2.45, 2.75) is 39.2 Å². The molecule has 6 heteroatoms. The average Bonchev–Trinajstić information content (AvgIpc) is 2.73. The van der Waals surface area contributed by atoms with E-state index in [0.29, 0.717) is 24.4 Å². The number of urea groups is 1. The Morgan fingerprint density at radius 3 is 2.54 bits per heavy atom. The minimum atomic E-state index is 0.0525. The second-order valence-electron chi connectivity index (χ2n) is 7.89. The Hall–Kier alpha value is -2.63. The van der Waals surface area contributed by atoms with Crippen LogP contribution in [0.15, 0.2) is 48.7 Å². The Labute approximate surface area is 167 Å². The molecule has 0 aliphatic carbocycles. The van der Waals surface area contributed by atoms with Gasteiger partial charge >= 0.3 is 6.03 Å². The zero-order chi connectivity index (χ0) is 19.8. The summed E-state index contributed by atoms with van der Waals surface area (Å²) in [6.07, 6.45) is 4.49. The van der Waals surface area contributed by atoms with Crippen LogP contribution >= 0.6 is 0 Å². The van der Waals surface area contributed by atoms with E-state index in [1.807, 2.05) is 23.1 Å². The Balaban J connectivity index is 1.43. The van der Waals surface area contributed by atoms with Crippen LogP contribution < -0.4 is 10.6 Å². The van der Waals surface area contributed by atoms with Gasteiger partial charge in [-0.1, -0.05) is 44.2 Å². The Bertz CT molecular complexity index is 714. The number of hydrogen-bond acceptors (Lipinski definition) is 4. The zero-order valence-electron chi connectivity index (χ0n) is 16.8. The number of piperidine rings is 1. The highest BCUT2D eigenvalue weighted by molar-refractivity contribution is 5.74. The average molecular weight is 382 g/mol. The van der Waals surface area contributed by atoms with E-state index < -0.39 is 0 Å². The molecule has 150 valence electrons. The second kappa shape index (κ2) is 10.1. The van der Waals surface area contributed by atoms with Crippen LogP contribution in [-0.2, 0) is 6.42 Å². The maximum Gasteiger partial charge on any atom is 0.317 e. The number of benzene rings is 1. The van der Waals surface area contributed by atoms with E-state index in [1.165, 1.54) is 5.56 Å². The van der Waals surface area contributed by atoms with Gasteiger partial charge in [-0.05, 0) is 48.8 Å². The number of carbonyl (C=O) groups excluding carboxylic acids is 1. The van der Waals surface area contributed by atoms with Crippen LogP contribution in [0.4, 0.5) is 10.6 Å². The quantitative estimate of drug-likeness (QED) is 0.769. The third-order valence-electron chi connectivity index (χ3n) is 5.51. The van der Waals surface area contributed by atoms with Crippen LogP contribution in [0.5, 0.6) is 0 Å². The van der Waals surface area contributed by atoms with Crippen molar-refractivity contribution in [3.63, 3.8) is 0 Å². The summed E-state index contributed by atoms with van der Waals surface area (Å²) in [5.41, 5.74) is 1.33. The molecule has 3 rings (SSSR count). The summed E-state index contributed by atoms with van der Waals surface area (Å²) >= 11 is 0.